The van der Waals surface area contributed by atoms with Gasteiger partial charge in [-0.3, -0.25) is 4.79 Å². The molecule has 0 fully saturated rings. The van der Waals surface area contributed by atoms with Gasteiger partial charge in [-0.05, 0) is 66.7 Å². The van der Waals surface area contributed by atoms with Crippen molar-refractivity contribution in [3.05, 3.63) is 104 Å². The van der Waals surface area contributed by atoms with Gasteiger partial charge in [-0.15, -0.1) is 20.5 Å². The number of nitrogens with one attached hydrogen (secondary N) is 2. The number of aromatic nitrogens is 4. The van der Waals surface area contributed by atoms with Crippen LogP contribution in [-0.2, 0) is 0 Å². The smallest absolute Gasteiger partial charge is 0.348 e. The van der Waals surface area contributed by atoms with Crippen LogP contribution in [0.5, 0.6) is 11.8 Å². The minimum absolute atomic E-state index is 0.0624. The zero-order valence-electron chi connectivity index (χ0n) is 25.0. The molecule has 4 heterocycles. The molecule has 2 aliphatic heterocycles. The molecule has 7 rings (SSSR count). The molecule has 0 spiro atoms. The summed E-state index contributed by atoms with van der Waals surface area (Å²) in [7, 11) is 0. The third kappa shape index (κ3) is 6.53. The van der Waals surface area contributed by atoms with Crippen molar-refractivity contribution in [3.63, 3.8) is 0 Å². The van der Waals surface area contributed by atoms with Gasteiger partial charge in [0, 0.05) is 32.0 Å². The highest BCUT2D eigenvalue weighted by atomic mass is 35.5. The Labute approximate surface area is 304 Å². The molecule has 0 aliphatic carbocycles. The van der Waals surface area contributed by atoms with E-state index in [1.54, 1.807) is 36.4 Å². The minimum atomic E-state index is -1.70. The normalized spacial score (nSPS) is 14.9. The van der Waals surface area contributed by atoms with Crippen molar-refractivity contribution in [1.29, 1.82) is 0 Å². The number of carbonyl (C=O) groups excluding carboxylic acids is 3. The number of hydrogen-bond donors (Lipinski definition) is 4. The van der Waals surface area contributed by atoms with E-state index in [0.29, 0.717) is 21.4 Å². The molecule has 254 valence electrons. The number of rotatable bonds is 6. The highest BCUT2D eigenvalue weighted by Crippen LogP contribution is 2.43. The van der Waals surface area contributed by atoms with Gasteiger partial charge in [-0.25, -0.2) is 23.7 Å². The average Bonchev–Trinajstić information content (AvgIpc) is 3.84. The lowest BCUT2D eigenvalue weighted by atomic mass is 9.93. The molecule has 51 heavy (non-hydrogen) atoms. The number of aromatic hydroxyl groups is 2. The van der Waals surface area contributed by atoms with Crippen LogP contribution < -0.4 is 10.6 Å². The fraction of sp³-hybridized carbons (Fsp3) is 0.0333. The number of imidazole rings is 2. The molecule has 4 amide bonds. The first-order chi connectivity index (χ1) is 24.5. The zero-order chi connectivity index (χ0) is 36.0. The number of anilines is 2. The molecule has 21 heteroatoms. The van der Waals surface area contributed by atoms with Crippen LogP contribution in [0.4, 0.5) is 32.7 Å². The molecule has 5 aromatic rings. The van der Waals surface area contributed by atoms with Gasteiger partial charge in [-0.2, -0.15) is 15.0 Å². The molecular formula is C30H16Cl4N12O5. The summed E-state index contributed by atoms with van der Waals surface area (Å²) >= 11 is 24.3. The first kappa shape index (κ1) is 33.5. The molecule has 0 radical (unpaired) electrons. The van der Waals surface area contributed by atoms with E-state index in [1.807, 2.05) is 0 Å². The Balaban J connectivity index is 1.30. The summed E-state index contributed by atoms with van der Waals surface area (Å²) < 4.78 is 1.95. The van der Waals surface area contributed by atoms with Gasteiger partial charge in [0.05, 0.1) is 5.02 Å². The fourth-order valence-corrected chi connectivity index (χ4v) is 5.69. The molecule has 2 aromatic heterocycles. The summed E-state index contributed by atoms with van der Waals surface area (Å²) in [6.07, 6.45) is 0. The molecule has 0 saturated heterocycles. The largest absolute Gasteiger partial charge is 0.493 e. The summed E-state index contributed by atoms with van der Waals surface area (Å²) in [6.45, 7) is 0. The molecular weight excluding hydrogens is 750 g/mol. The maximum Gasteiger partial charge on any atom is 0.348 e. The number of urea groups is 2. The van der Waals surface area contributed by atoms with Crippen molar-refractivity contribution in [2.24, 2.45) is 30.4 Å². The fourth-order valence-electron chi connectivity index (χ4n) is 4.93. The van der Waals surface area contributed by atoms with E-state index in [-0.39, 0.29) is 38.9 Å². The monoisotopic (exact) mass is 764 g/mol. The van der Waals surface area contributed by atoms with E-state index in [1.165, 1.54) is 30.3 Å². The second-order valence-electron chi connectivity index (χ2n) is 10.4. The Kier molecular flexibility index (Phi) is 8.78. The van der Waals surface area contributed by atoms with Crippen LogP contribution in [0.25, 0.3) is 0 Å². The number of halogens is 4. The van der Waals surface area contributed by atoms with Gasteiger partial charge in [0.2, 0.25) is 11.7 Å². The number of amides is 4. The van der Waals surface area contributed by atoms with Crippen LogP contribution >= 0.6 is 46.4 Å². The van der Waals surface area contributed by atoms with E-state index in [0.717, 1.165) is 9.13 Å². The SMILES string of the molecule is O=C(N=C1N=Nc2nc(C(C(=O)c3ccc(Cl)cc3Cl)c3nc(O)c4n3C(=NC(=O)Nc3ccc(Cl)cc3)N=N4)c(O)n21)Nc1ccc(Cl)cc1. The second-order valence-corrected chi connectivity index (χ2v) is 12.1. The van der Waals surface area contributed by atoms with Crippen LogP contribution in [0.2, 0.25) is 20.1 Å². The van der Waals surface area contributed by atoms with Crippen molar-refractivity contribution >= 4 is 99.3 Å². The Bertz CT molecular complexity index is 2400. The van der Waals surface area contributed by atoms with E-state index in [2.05, 4.69) is 51.0 Å². The summed E-state index contributed by atoms with van der Waals surface area (Å²) in [5, 5.41) is 43.9. The molecule has 2 aliphatic rings. The van der Waals surface area contributed by atoms with Crippen LogP contribution in [-0.4, -0.2) is 59.1 Å². The number of aliphatic imine (C=N–C) groups is 2. The number of carbonyl (C=O) groups is 3. The lowest BCUT2D eigenvalue weighted by Gasteiger charge is -2.16. The number of nitrogens with zero attached hydrogens (tertiary/aromatic N) is 10. The maximum absolute atomic E-state index is 14.4. The summed E-state index contributed by atoms with van der Waals surface area (Å²) in [5.74, 6) is -5.58. The van der Waals surface area contributed by atoms with E-state index in [4.69, 9.17) is 46.4 Å². The molecule has 0 saturated carbocycles. The highest BCUT2D eigenvalue weighted by Gasteiger charge is 2.41. The molecule has 17 nitrogen and oxygen atoms in total. The number of azo groups is 2. The number of Topliss-reactive ketones (excluding diaryl/α,β-unsaturated/α-hetero) is 1. The predicted octanol–water partition coefficient (Wildman–Crippen LogP) is 8.19. The molecule has 1 atom stereocenters. The quantitative estimate of drug-likeness (QED) is 0.124. The van der Waals surface area contributed by atoms with E-state index in [9.17, 15) is 24.6 Å². The Hall–Kier alpha value is -6.01. The third-order valence-electron chi connectivity index (χ3n) is 7.17. The van der Waals surface area contributed by atoms with Gasteiger partial charge in [0.1, 0.15) is 17.4 Å². The van der Waals surface area contributed by atoms with Crippen molar-refractivity contribution in [3.8, 4) is 11.8 Å². The standard InChI is InChI=1S/C30H16Cl4N12O5/c31-12-1-6-15(7-2-12)35-29(50)39-27-42-41-23-24(48)38-22(45(23)27)19(21(47)17-10-5-14(33)11-18(17)34)20-25(49)46-26(37-20)43-44-28(46)40-30(51)36-16-8-3-13(32)4-9-16/h1-11,19,48-49H,(H,35,50)(H,36,51). The van der Waals surface area contributed by atoms with Crippen molar-refractivity contribution in [2.45, 2.75) is 5.92 Å². The van der Waals surface area contributed by atoms with Gasteiger partial charge in [0.25, 0.3) is 23.7 Å². The Morgan fingerprint density at radius 3 is 1.82 bits per heavy atom. The lowest BCUT2D eigenvalue weighted by molar-refractivity contribution is 0.0968. The molecule has 0 bridgehead atoms. The first-order valence-corrected chi connectivity index (χ1v) is 15.7. The van der Waals surface area contributed by atoms with Gasteiger partial charge >= 0.3 is 12.1 Å². The number of hydrogen-bond acceptors (Lipinski definition) is 9. The predicted molar refractivity (Wildman–Crippen MR) is 186 cm³/mol. The highest BCUT2D eigenvalue weighted by molar-refractivity contribution is 6.37. The van der Waals surface area contributed by atoms with E-state index >= 15 is 0 Å². The van der Waals surface area contributed by atoms with Crippen LogP contribution in [0, 0.1) is 0 Å². The lowest BCUT2D eigenvalue weighted by Crippen LogP contribution is -2.23. The second kappa shape index (κ2) is 13.4. The van der Waals surface area contributed by atoms with Crippen LogP contribution in [0.3, 0.4) is 0 Å². The average molecular weight is 766 g/mol. The molecule has 1 unspecified atom stereocenters. The molecule has 3 aromatic carbocycles. The van der Waals surface area contributed by atoms with Crippen LogP contribution in [0.15, 0.2) is 97.2 Å². The Morgan fingerprint density at radius 2 is 1.24 bits per heavy atom. The third-order valence-corrected chi connectivity index (χ3v) is 8.22. The number of ketones is 1. The summed E-state index contributed by atoms with van der Waals surface area (Å²) in [6, 6.07) is 14.7. The number of benzene rings is 3. The topological polar surface area (TPSA) is 226 Å². The number of fused-ring (bicyclic) bond motifs is 2. The van der Waals surface area contributed by atoms with E-state index < -0.39 is 47.4 Å². The summed E-state index contributed by atoms with van der Waals surface area (Å²) in [4.78, 5) is 56.3. The molecule has 4 N–H and O–H groups in total. The Morgan fingerprint density at radius 1 is 0.686 bits per heavy atom. The van der Waals surface area contributed by atoms with Gasteiger partial charge < -0.3 is 20.8 Å². The zero-order valence-corrected chi connectivity index (χ0v) is 28.1. The minimum Gasteiger partial charge on any atom is -0.493 e. The first-order valence-electron chi connectivity index (χ1n) is 14.2. The van der Waals surface area contributed by atoms with Crippen molar-refractivity contribution in [1.82, 2.24) is 19.1 Å². The summed E-state index contributed by atoms with van der Waals surface area (Å²) in [5.41, 5.74) is 0.261. The van der Waals surface area contributed by atoms with Crippen molar-refractivity contribution in [2.75, 3.05) is 10.6 Å². The van der Waals surface area contributed by atoms with Gasteiger partial charge in [0.15, 0.2) is 5.78 Å². The maximum atomic E-state index is 14.4. The van der Waals surface area contributed by atoms with Gasteiger partial charge in [-0.1, -0.05) is 46.4 Å². The van der Waals surface area contributed by atoms with Crippen molar-refractivity contribution < 1.29 is 24.6 Å². The van der Waals surface area contributed by atoms with Crippen LogP contribution in [0.1, 0.15) is 27.8 Å².